The first-order valence-corrected chi connectivity index (χ1v) is 8.98. The van der Waals surface area contributed by atoms with E-state index in [0.717, 1.165) is 11.1 Å². The molecule has 8 nitrogen and oxygen atoms in total. The summed E-state index contributed by atoms with van der Waals surface area (Å²) in [4.78, 5) is 35.8. The number of hydrogen-bond acceptors (Lipinski definition) is 5. The first-order valence-electron chi connectivity index (χ1n) is 8.98. The van der Waals surface area contributed by atoms with Gasteiger partial charge in [0, 0.05) is 0 Å². The Bertz CT molecular complexity index is 692. The Morgan fingerprint density at radius 1 is 1.07 bits per heavy atom. The van der Waals surface area contributed by atoms with Crippen LogP contribution in [0.1, 0.15) is 45.7 Å². The van der Waals surface area contributed by atoms with Gasteiger partial charge in [0.05, 0.1) is 13.2 Å². The summed E-state index contributed by atoms with van der Waals surface area (Å²) in [5.41, 5.74) is -0.0797. The lowest BCUT2D eigenvalue weighted by molar-refractivity contribution is -0.144. The molecule has 3 N–H and O–H groups in total. The summed E-state index contributed by atoms with van der Waals surface area (Å²) in [5, 5.41) is 14.2. The van der Waals surface area contributed by atoms with Gasteiger partial charge < -0.3 is 25.2 Å². The van der Waals surface area contributed by atoms with E-state index in [1.165, 1.54) is 13.8 Å². The molecule has 0 saturated carbocycles. The van der Waals surface area contributed by atoms with Gasteiger partial charge in [-0.25, -0.2) is 9.59 Å². The number of ether oxygens (including phenoxy) is 2. The Hall–Kier alpha value is -2.61. The number of aryl methyl sites for hydroxylation is 1. The van der Waals surface area contributed by atoms with Crippen LogP contribution in [0.5, 0.6) is 0 Å². The van der Waals surface area contributed by atoms with Crippen molar-refractivity contribution in [3.05, 3.63) is 35.4 Å². The van der Waals surface area contributed by atoms with Crippen molar-refractivity contribution < 1.29 is 29.0 Å². The third-order valence-electron chi connectivity index (χ3n) is 3.66. The second-order valence-electron chi connectivity index (χ2n) is 8.12. The maximum Gasteiger partial charge on any atom is 0.408 e. The molecule has 8 heteroatoms. The van der Waals surface area contributed by atoms with Gasteiger partial charge in [-0.15, -0.1) is 0 Å². The summed E-state index contributed by atoms with van der Waals surface area (Å²) in [6, 6.07) is 6.38. The van der Waals surface area contributed by atoms with Crippen molar-refractivity contribution in [3.8, 4) is 0 Å². The molecule has 2 amide bonds. The van der Waals surface area contributed by atoms with Crippen molar-refractivity contribution in [3.63, 3.8) is 0 Å². The van der Waals surface area contributed by atoms with Gasteiger partial charge >= 0.3 is 12.1 Å². The predicted molar refractivity (Wildman–Crippen MR) is 104 cm³/mol. The minimum absolute atomic E-state index is 0.211. The van der Waals surface area contributed by atoms with Crippen molar-refractivity contribution in [1.82, 2.24) is 10.6 Å². The number of carbonyl (C=O) groups excluding carboxylic acids is 2. The number of carbonyl (C=O) groups is 3. The van der Waals surface area contributed by atoms with Gasteiger partial charge in [-0.3, -0.25) is 4.79 Å². The number of amides is 2. The molecule has 1 atom stereocenters. The predicted octanol–water partition coefficient (Wildman–Crippen LogP) is 2.38. The highest BCUT2D eigenvalue weighted by Crippen LogP contribution is 2.10. The average molecular weight is 394 g/mol. The van der Waals surface area contributed by atoms with Crippen LogP contribution in [0, 0.1) is 6.92 Å². The van der Waals surface area contributed by atoms with E-state index in [1.54, 1.807) is 20.8 Å². The van der Waals surface area contributed by atoms with Gasteiger partial charge in [0.15, 0.2) is 6.04 Å². The number of alkyl carbamates (subject to hydrolysis) is 1. The summed E-state index contributed by atoms with van der Waals surface area (Å²) in [6.07, 6.45) is -0.768. The molecule has 0 aliphatic heterocycles. The summed E-state index contributed by atoms with van der Waals surface area (Å²) in [7, 11) is 0. The smallest absolute Gasteiger partial charge is 0.408 e. The second kappa shape index (κ2) is 9.54. The van der Waals surface area contributed by atoms with E-state index in [9.17, 15) is 19.5 Å². The molecule has 1 aromatic carbocycles. The van der Waals surface area contributed by atoms with Crippen molar-refractivity contribution in [2.24, 2.45) is 0 Å². The number of nitrogens with one attached hydrogen (secondary N) is 2. The number of aliphatic carboxylic acids is 1. The number of benzene rings is 1. The van der Waals surface area contributed by atoms with Crippen LogP contribution in [0.15, 0.2) is 24.3 Å². The molecule has 156 valence electrons. The van der Waals surface area contributed by atoms with Crippen LogP contribution in [0.25, 0.3) is 0 Å². The van der Waals surface area contributed by atoms with Crippen LogP contribution in [0.4, 0.5) is 4.79 Å². The van der Waals surface area contributed by atoms with Crippen molar-refractivity contribution in [2.45, 2.75) is 65.3 Å². The topological polar surface area (TPSA) is 114 Å². The largest absolute Gasteiger partial charge is 0.480 e. The maximum atomic E-state index is 12.5. The molecule has 0 aromatic heterocycles. The van der Waals surface area contributed by atoms with Crippen LogP contribution >= 0.6 is 0 Å². The summed E-state index contributed by atoms with van der Waals surface area (Å²) in [5.74, 6) is -1.89. The van der Waals surface area contributed by atoms with Crippen LogP contribution in [0.3, 0.4) is 0 Å². The van der Waals surface area contributed by atoms with Gasteiger partial charge in [0.2, 0.25) is 5.91 Å². The van der Waals surface area contributed by atoms with Gasteiger partial charge in [-0.2, -0.15) is 0 Å². The van der Waals surface area contributed by atoms with Crippen LogP contribution in [0.2, 0.25) is 0 Å². The third kappa shape index (κ3) is 8.39. The van der Waals surface area contributed by atoms with E-state index in [0.29, 0.717) is 0 Å². The normalized spacial score (nSPS) is 12.8. The molecule has 0 radical (unpaired) electrons. The zero-order valence-electron chi connectivity index (χ0n) is 17.3. The van der Waals surface area contributed by atoms with Crippen LogP contribution < -0.4 is 10.6 Å². The van der Waals surface area contributed by atoms with Gasteiger partial charge in [0.1, 0.15) is 11.1 Å². The van der Waals surface area contributed by atoms with Crippen molar-refractivity contribution in [2.75, 3.05) is 6.61 Å². The fourth-order valence-electron chi connectivity index (χ4n) is 2.11. The standard InChI is InChI=1S/C20H30N2O6/c1-13-7-9-14(10-8-13)11-27-12-15(16(23)24)21-17(25)20(5,6)22-18(26)28-19(2,3)4/h7-10,15H,11-12H2,1-6H3,(H,21,25)(H,22,26)(H,23,24). The van der Waals surface area contributed by atoms with Gasteiger partial charge in [0.25, 0.3) is 0 Å². The van der Waals surface area contributed by atoms with E-state index in [-0.39, 0.29) is 13.2 Å². The lowest BCUT2D eigenvalue weighted by Gasteiger charge is -2.28. The Labute approximate surface area is 165 Å². The second-order valence-corrected chi connectivity index (χ2v) is 8.12. The lowest BCUT2D eigenvalue weighted by Crippen LogP contribution is -2.59. The quantitative estimate of drug-likeness (QED) is 0.624. The molecule has 0 heterocycles. The van der Waals surface area contributed by atoms with Gasteiger partial charge in [-0.05, 0) is 47.1 Å². The monoisotopic (exact) mass is 394 g/mol. The highest BCUT2D eigenvalue weighted by Gasteiger charge is 2.34. The van der Waals surface area contributed by atoms with Crippen LogP contribution in [-0.2, 0) is 25.7 Å². The maximum absolute atomic E-state index is 12.5. The van der Waals surface area contributed by atoms with Crippen LogP contribution in [-0.4, -0.2) is 46.9 Å². The minimum Gasteiger partial charge on any atom is -0.480 e. The number of carboxylic acids is 1. The highest BCUT2D eigenvalue weighted by molar-refractivity contribution is 5.92. The minimum atomic E-state index is -1.37. The number of carboxylic acid groups (broad SMARTS) is 1. The first kappa shape index (κ1) is 23.4. The highest BCUT2D eigenvalue weighted by atomic mass is 16.6. The molecule has 0 bridgehead atoms. The molecule has 1 aromatic rings. The zero-order chi connectivity index (χ0) is 21.5. The fourth-order valence-corrected chi connectivity index (χ4v) is 2.11. The molecule has 1 rings (SSSR count). The molecule has 0 fully saturated rings. The SMILES string of the molecule is Cc1ccc(COCC(NC(=O)C(C)(C)NC(=O)OC(C)(C)C)C(=O)O)cc1. The summed E-state index contributed by atoms with van der Waals surface area (Å²) in [6.45, 7) is 9.99. The van der Waals surface area contributed by atoms with Gasteiger partial charge in [-0.1, -0.05) is 29.8 Å². The Balaban J connectivity index is 2.61. The van der Waals surface area contributed by atoms with Crippen molar-refractivity contribution >= 4 is 18.0 Å². The van der Waals surface area contributed by atoms with E-state index in [2.05, 4.69) is 10.6 Å². The van der Waals surface area contributed by atoms with Crippen molar-refractivity contribution in [1.29, 1.82) is 0 Å². The van der Waals surface area contributed by atoms with E-state index >= 15 is 0 Å². The number of hydrogen-bond donors (Lipinski definition) is 3. The molecule has 0 saturated heterocycles. The Morgan fingerprint density at radius 2 is 1.64 bits per heavy atom. The molecule has 28 heavy (non-hydrogen) atoms. The fraction of sp³-hybridized carbons (Fsp3) is 0.550. The van der Waals surface area contributed by atoms with E-state index in [4.69, 9.17) is 9.47 Å². The molecule has 0 aliphatic rings. The summed E-state index contributed by atoms with van der Waals surface area (Å²) >= 11 is 0. The van der Waals surface area contributed by atoms with E-state index in [1.807, 2.05) is 31.2 Å². The molecule has 0 spiro atoms. The zero-order valence-corrected chi connectivity index (χ0v) is 17.3. The molecular weight excluding hydrogens is 364 g/mol. The van der Waals surface area contributed by atoms with E-state index < -0.39 is 35.2 Å². The third-order valence-corrected chi connectivity index (χ3v) is 3.66. The summed E-state index contributed by atoms with van der Waals surface area (Å²) < 4.78 is 10.6. The number of rotatable bonds is 8. The lowest BCUT2D eigenvalue weighted by atomic mass is 10.0. The Kier molecular flexibility index (Phi) is 7.99. The Morgan fingerprint density at radius 3 is 2.14 bits per heavy atom. The average Bonchev–Trinajstić information content (AvgIpc) is 2.52. The molecule has 1 unspecified atom stereocenters. The first-order chi connectivity index (χ1) is 12.8. The molecular formula is C20H30N2O6. The molecule has 0 aliphatic carbocycles.